The van der Waals surface area contributed by atoms with E-state index in [1.807, 2.05) is 51.1 Å². The number of nitrogens with one attached hydrogen (secondary N) is 1. The van der Waals surface area contributed by atoms with Crippen molar-refractivity contribution in [2.24, 2.45) is 17.3 Å². The molecule has 4 rings (SSSR count). The number of hydrogen-bond donors (Lipinski definition) is 2. The van der Waals surface area contributed by atoms with Crippen LogP contribution in [-0.2, 0) is 16.1 Å². The Kier molecular flexibility index (Phi) is 9.17. The first-order valence-corrected chi connectivity index (χ1v) is 13.9. The molecule has 0 unspecified atom stereocenters. The second-order valence-electron chi connectivity index (χ2n) is 11.6. The number of rotatable bonds is 8. The number of nitrogens with zero attached hydrogens (tertiary/aromatic N) is 1. The van der Waals surface area contributed by atoms with E-state index in [0.29, 0.717) is 10.6 Å². The molecule has 212 valence electrons. The van der Waals surface area contributed by atoms with Crippen LogP contribution in [0.5, 0.6) is 5.75 Å². The maximum Gasteiger partial charge on any atom is 0.387 e. The lowest BCUT2D eigenvalue weighted by Crippen LogP contribution is -2.49. The van der Waals surface area contributed by atoms with E-state index < -0.39 is 42.0 Å². The van der Waals surface area contributed by atoms with Crippen LogP contribution in [0.15, 0.2) is 48.5 Å². The van der Waals surface area contributed by atoms with Crippen molar-refractivity contribution in [2.45, 2.75) is 84.2 Å². The molecule has 2 fully saturated rings. The summed E-state index contributed by atoms with van der Waals surface area (Å²) in [6.45, 7) is 3.02. The number of benzene rings is 2. The van der Waals surface area contributed by atoms with Gasteiger partial charge in [-0.15, -0.1) is 0 Å². The average Bonchev–Trinajstić information content (AvgIpc) is 3.25. The first-order valence-electron chi connectivity index (χ1n) is 13.6. The van der Waals surface area contributed by atoms with Gasteiger partial charge in [0.2, 0.25) is 5.91 Å². The lowest BCUT2D eigenvalue weighted by Gasteiger charge is -2.36. The van der Waals surface area contributed by atoms with Crippen molar-refractivity contribution in [3.63, 3.8) is 0 Å². The molecule has 9 heteroatoms. The molecule has 1 amide bonds. The van der Waals surface area contributed by atoms with Gasteiger partial charge in [0.25, 0.3) is 0 Å². The number of carboxylic acid groups (broad SMARTS) is 1. The highest BCUT2D eigenvalue weighted by Gasteiger charge is 2.58. The largest absolute Gasteiger partial charge is 0.480 e. The summed E-state index contributed by atoms with van der Waals surface area (Å²) in [4.78, 5) is 28.7. The molecule has 0 aromatic heterocycles. The van der Waals surface area contributed by atoms with Gasteiger partial charge in [0.1, 0.15) is 11.8 Å². The van der Waals surface area contributed by atoms with Crippen LogP contribution in [0.25, 0.3) is 0 Å². The molecule has 1 saturated carbocycles. The van der Waals surface area contributed by atoms with Crippen LogP contribution in [0.3, 0.4) is 0 Å². The summed E-state index contributed by atoms with van der Waals surface area (Å²) >= 11 is 6.19. The van der Waals surface area contributed by atoms with E-state index in [-0.39, 0.29) is 24.1 Å². The second kappa shape index (κ2) is 12.2. The minimum atomic E-state index is -3.00. The van der Waals surface area contributed by atoms with E-state index in [2.05, 4.69) is 5.32 Å². The normalized spacial score (nSPS) is 24.2. The Labute approximate surface area is 233 Å². The van der Waals surface area contributed by atoms with Crippen molar-refractivity contribution < 1.29 is 28.2 Å². The van der Waals surface area contributed by atoms with Gasteiger partial charge < -0.3 is 20.1 Å². The van der Waals surface area contributed by atoms with Crippen molar-refractivity contribution in [1.82, 2.24) is 10.2 Å². The molecule has 2 aromatic rings. The Morgan fingerprint density at radius 3 is 2.36 bits per heavy atom. The van der Waals surface area contributed by atoms with E-state index in [1.165, 1.54) is 12.1 Å². The fourth-order valence-corrected chi connectivity index (χ4v) is 6.61. The molecule has 2 N–H and O–H groups in total. The second-order valence-corrected chi connectivity index (χ2v) is 12.1. The summed E-state index contributed by atoms with van der Waals surface area (Å²) in [5.74, 6) is -1.88. The van der Waals surface area contributed by atoms with Gasteiger partial charge in [-0.2, -0.15) is 8.78 Å². The summed E-state index contributed by atoms with van der Waals surface area (Å²) < 4.78 is 31.0. The number of likely N-dealkylation sites (tertiary alicyclic amines) is 1. The molecule has 1 aliphatic heterocycles. The van der Waals surface area contributed by atoms with E-state index >= 15 is 0 Å². The van der Waals surface area contributed by atoms with Crippen molar-refractivity contribution in [3.8, 4) is 5.75 Å². The highest BCUT2D eigenvalue weighted by atomic mass is 35.5. The Bertz CT molecular complexity index is 1150. The Morgan fingerprint density at radius 2 is 1.77 bits per heavy atom. The molecule has 6 nitrogen and oxygen atoms in total. The highest BCUT2D eigenvalue weighted by molar-refractivity contribution is 6.30. The van der Waals surface area contributed by atoms with E-state index in [1.54, 1.807) is 11.0 Å². The van der Waals surface area contributed by atoms with Crippen LogP contribution in [-0.4, -0.2) is 40.6 Å². The fraction of sp³-hybridized carbons (Fsp3) is 0.533. The maximum absolute atomic E-state index is 14.1. The summed E-state index contributed by atoms with van der Waals surface area (Å²) in [7, 11) is 0. The Morgan fingerprint density at radius 1 is 1.10 bits per heavy atom. The SMILES string of the molecule is CC(C)(C)[C@@H]1[C@@H](NCc2cc(Cl)ccc2OC(F)F)[C@@H](c2ccccc2)N(C(=O)C2CCCCC2)[C@H]1C(=O)O. The van der Waals surface area contributed by atoms with Crippen molar-refractivity contribution >= 4 is 23.5 Å². The van der Waals surface area contributed by atoms with Gasteiger partial charge in [-0.05, 0) is 42.0 Å². The standard InChI is InChI=1S/C30H37ClF2N2O4/c1-30(2,3)23-24(34-17-20-16-21(31)14-15-22(20)39-29(32)33)25(18-10-6-4-7-11-18)35(26(23)28(37)38)27(36)19-12-8-5-9-13-19/h4,6-7,10-11,14-16,19,23-26,29,34H,5,8-9,12-13,17H2,1-3H3,(H,37,38)/t23-,24-,25-,26-/m1/s1. The van der Waals surface area contributed by atoms with Crippen LogP contribution in [0, 0.1) is 17.3 Å². The van der Waals surface area contributed by atoms with Gasteiger partial charge in [0, 0.05) is 35.0 Å². The van der Waals surface area contributed by atoms with Gasteiger partial charge in [-0.1, -0.05) is 82.0 Å². The molecular formula is C30H37ClF2N2O4. The summed E-state index contributed by atoms with van der Waals surface area (Å²) in [5, 5.41) is 14.4. The van der Waals surface area contributed by atoms with Crippen LogP contribution in [0.2, 0.25) is 5.02 Å². The van der Waals surface area contributed by atoms with Crippen LogP contribution in [0.4, 0.5) is 8.78 Å². The molecule has 39 heavy (non-hydrogen) atoms. The number of ether oxygens (including phenoxy) is 1. The molecular weight excluding hydrogens is 526 g/mol. The van der Waals surface area contributed by atoms with Gasteiger partial charge in [-0.25, -0.2) is 4.79 Å². The molecule has 2 aliphatic rings. The third-order valence-corrected chi connectivity index (χ3v) is 8.27. The number of carboxylic acids is 1. The quantitative estimate of drug-likeness (QED) is 0.375. The molecule has 0 radical (unpaired) electrons. The highest BCUT2D eigenvalue weighted by Crippen LogP contribution is 2.49. The first-order chi connectivity index (χ1) is 18.5. The smallest absolute Gasteiger partial charge is 0.387 e. The Hall–Kier alpha value is -2.71. The predicted octanol–water partition coefficient (Wildman–Crippen LogP) is 6.68. The number of alkyl halides is 2. The maximum atomic E-state index is 14.1. The number of halogens is 3. The molecule has 1 heterocycles. The molecule has 1 aliphatic carbocycles. The lowest BCUT2D eigenvalue weighted by atomic mass is 9.72. The zero-order valence-corrected chi connectivity index (χ0v) is 23.3. The lowest BCUT2D eigenvalue weighted by molar-refractivity contribution is -0.154. The number of carbonyl (C=O) groups is 2. The zero-order chi connectivity index (χ0) is 28.3. The van der Waals surface area contributed by atoms with Gasteiger partial charge >= 0.3 is 12.6 Å². The fourth-order valence-electron chi connectivity index (χ4n) is 6.41. The zero-order valence-electron chi connectivity index (χ0n) is 22.6. The van der Waals surface area contributed by atoms with Gasteiger partial charge in [0.05, 0.1) is 6.04 Å². The van der Waals surface area contributed by atoms with Crippen LogP contribution >= 0.6 is 11.6 Å². The third kappa shape index (κ3) is 6.55. The Balaban J connectivity index is 1.79. The minimum Gasteiger partial charge on any atom is -0.480 e. The first kappa shape index (κ1) is 29.3. The van der Waals surface area contributed by atoms with Crippen molar-refractivity contribution in [3.05, 3.63) is 64.7 Å². The van der Waals surface area contributed by atoms with Gasteiger partial charge in [-0.3, -0.25) is 4.79 Å². The number of aliphatic carboxylic acids is 1. The number of hydrogen-bond acceptors (Lipinski definition) is 4. The molecule has 1 saturated heterocycles. The van der Waals surface area contributed by atoms with Crippen molar-refractivity contribution in [1.29, 1.82) is 0 Å². The number of amides is 1. The molecule has 2 aromatic carbocycles. The van der Waals surface area contributed by atoms with Crippen molar-refractivity contribution in [2.75, 3.05) is 0 Å². The summed E-state index contributed by atoms with van der Waals surface area (Å²) in [5.41, 5.74) is 0.741. The third-order valence-electron chi connectivity index (χ3n) is 8.04. The summed E-state index contributed by atoms with van der Waals surface area (Å²) in [6.07, 6.45) is 4.47. The molecule has 0 spiro atoms. The van der Waals surface area contributed by atoms with Gasteiger partial charge in [0.15, 0.2) is 0 Å². The van der Waals surface area contributed by atoms with E-state index in [4.69, 9.17) is 16.3 Å². The monoisotopic (exact) mass is 562 g/mol. The topological polar surface area (TPSA) is 78.9 Å². The number of carbonyl (C=O) groups excluding carboxylic acids is 1. The average molecular weight is 563 g/mol. The van der Waals surface area contributed by atoms with Crippen LogP contribution in [0.1, 0.15) is 70.0 Å². The van der Waals surface area contributed by atoms with E-state index in [9.17, 15) is 23.5 Å². The van der Waals surface area contributed by atoms with Crippen LogP contribution < -0.4 is 10.1 Å². The summed E-state index contributed by atoms with van der Waals surface area (Å²) in [6, 6.07) is 11.8. The van der Waals surface area contributed by atoms with E-state index in [0.717, 1.165) is 37.7 Å². The molecule has 0 bridgehead atoms. The molecule has 4 atom stereocenters. The predicted molar refractivity (Wildman–Crippen MR) is 146 cm³/mol. The minimum absolute atomic E-state index is 0.00612.